The van der Waals surface area contributed by atoms with Crippen LogP contribution in [0.15, 0.2) is 42.5 Å². The lowest BCUT2D eigenvalue weighted by Gasteiger charge is -2.27. The van der Waals surface area contributed by atoms with Crippen LogP contribution in [0.4, 0.5) is 5.69 Å². The summed E-state index contributed by atoms with van der Waals surface area (Å²) >= 11 is 0. The molecule has 2 aromatic carbocycles. The number of fused-ring (bicyclic) bond motifs is 2. The number of benzene rings is 2. The summed E-state index contributed by atoms with van der Waals surface area (Å²) in [5.41, 5.74) is 0.631. The van der Waals surface area contributed by atoms with E-state index in [-0.39, 0.29) is 0 Å². The van der Waals surface area contributed by atoms with Crippen LogP contribution in [0.5, 0.6) is 11.5 Å². The Morgan fingerprint density at radius 3 is 2.44 bits per heavy atom. The number of imide groups is 1. The van der Waals surface area contributed by atoms with E-state index in [0.717, 1.165) is 16.9 Å². The smallest absolute Gasteiger partial charge is 0.324 e. The summed E-state index contributed by atoms with van der Waals surface area (Å²) in [7, 11) is 0. The summed E-state index contributed by atoms with van der Waals surface area (Å²) in [5.74, 6) is -2.81. The van der Waals surface area contributed by atoms with Crippen molar-refractivity contribution in [2.75, 3.05) is 18.1 Å². The van der Waals surface area contributed by atoms with Crippen LogP contribution in [0.1, 0.15) is 31.0 Å². The Bertz CT molecular complexity index is 1110. The molecule has 0 aromatic heterocycles. The van der Waals surface area contributed by atoms with Gasteiger partial charge in [0.1, 0.15) is 18.8 Å². The second kappa shape index (κ2) is 7.34. The number of aliphatic carboxylic acids is 1. The third kappa shape index (κ3) is 2.90. The lowest BCUT2D eigenvalue weighted by Crippen LogP contribution is -2.53. The topological polar surface area (TPSA) is 105 Å². The third-order valence-corrected chi connectivity index (χ3v) is 6.76. The van der Waals surface area contributed by atoms with Crippen LogP contribution in [-0.4, -0.2) is 41.6 Å². The van der Waals surface area contributed by atoms with Crippen LogP contribution in [0.25, 0.3) is 0 Å². The number of amides is 2. The van der Waals surface area contributed by atoms with Gasteiger partial charge in [0.05, 0.1) is 17.5 Å². The number of hydrogen-bond donors (Lipinski definition) is 2. The van der Waals surface area contributed by atoms with E-state index in [4.69, 9.17) is 9.47 Å². The van der Waals surface area contributed by atoms with Gasteiger partial charge in [0.15, 0.2) is 11.5 Å². The van der Waals surface area contributed by atoms with Crippen molar-refractivity contribution >= 4 is 23.5 Å². The number of aryl methyl sites for hydroxylation is 1. The Balaban J connectivity index is 1.57. The summed E-state index contributed by atoms with van der Waals surface area (Å²) in [6.07, 6.45) is 0.834. The minimum absolute atomic E-state index is 0.401. The maximum absolute atomic E-state index is 13.6. The molecule has 0 radical (unpaired) electrons. The average Bonchev–Trinajstić information content (AvgIpc) is 3.27. The highest BCUT2D eigenvalue weighted by molar-refractivity contribution is 6.24. The quantitative estimate of drug-likeness (QED) is 0.709. The first-order valence-corrected chi connectivity index (χ1v) is 10.7. The molecule has 2 N–H and O–H groups in total. The number of nitrogens with one attached hydrogen (secondary N) is 1. The summed E-state index contributed by atoms with van der Waals surface area (Å²) in [6, 6.07) is 11.8. The number of ether oxygens (including phenoxy) is 2. The second-order valence-electron chi connectivity index (χ2n) is 8.57. The second-order valence-corrected chi connectivity index (χ2v) is 8.57. The number of carboxylic acids is 1. The fraction of sp³-hybridized carbons (Fsp3) is 0.375. The molecule has 4 atom stereocenters. The van der Waals surface area contributed by atoms with Crippen LogP contribution in [0, 0.1) is 11.8 Å². The van der Waals surface area contributed by atoms with Gasteiger partial charge in [0.2, 0.25) is 11.8 Å². The SMILES string of the molecule is CCc1ccc(N2C(=O)C3C(c4ccc5c(c4)OCCO5)NC(C)(C(=O)O)C3C2=O)cc1. The Kier molecular flexibility index (Phi) is 4.70. The van der Waals surface area contributed by atoms with Crippen LogP contribution in [-0.2, 0) is 20.8 Å². The van der Waals surface area contributed by atoms with Gasteiger partial charge in [-0.15, -0.1) is 0 Å². The number of nitrogens with zero attached hydrogens (tertiary/aromatic N) is 1. The van der Waals surface area contributed by atoms with Gasteiger partial charge in [-0.2, -0.15) is 0 Å². The molecule has 2 fully saturated rings. The van der Waals surface area contributed by atoms with Crippen LogP contribution < -0.4 is 19.7 Å². The maximum atomic E-state index is 13.6. The molecule has 0 spiro atoms. The standard InChI is InChI=1S/C24H24N2O6/c1-3-13-4-7-15(8-5-13)26-21(27)18-19(22(26)28)24(2,23(29)30)25-20(18)14-6-9-16-17(12-14)32-11-10-31-16/h4-9,12,18-20,25H,3,10-11H2,1-2H3,(H,29,30). The number of rotatable bonds is 4. The zero-order valence-electron chi connectivity index (χ0n) is 17.8. The van der Waals surface area contributed by atoms with E-state index >= 15 is 0 Å². The van der Waals surface area contributed by atoms with Gasteiger partial charge in [-0.05, 0) is 48.7 Å². The first-order chi connectivity index (χ1) is 15.3. The normalized spacial score (nSPS) is 28.7. The van der Waals surface area contributed by atoms with E-state index in [1.54, 1.807) is 30.3 Å². The highest BCUT2D eigenvalue weighted by Gasteiger charge is 2.66. The Morgan fingerprint density at radius 2 is 1.78 bits per heavy atom. The molecule has 4 unspecified atom stereocenters. The molecule has 2 aromatic rings. The van der Waals surface area contributed by atoms with Gasteiger partial charge in [-0.3, -0.25) is 19.7 Å². The van der Waals surface area contributed by atoms with E-state index in [0.29, 0.717) is 36.0 Å². The number of carboxylic acid groups (broad SMARTS) is 1. The number of carbonyl (C=O) groups excluding carboxylic acids is 2. The predicted octanol–water partition coefficient (Wildman–Crippen LogP) is 2.31. The third-order valence-electron chi connectivity index (χ3n) is 6.76. The van der Waals surface area contributed by atoms with Crippen LogP contribution in [0.2, 0.25) is 0 Å². The highest BCUT2D eigenvalue weighted by atomic mass is 16.6. The van der Waals surface area contributed by atoms with Gasteiger partial charge in [0, 0.05) is 6.04 Å². The molecule has 32 heavy (non-hydrogen) atoms. The van der Waals surface area contributed by atoms with Crippen molar-refractivity contribution in [3.8, 4) is 11.5 Å². The largest absolute Gasteiger partial charge is 0.486 e. The first kappa shape index (κ1) is 20.5. The molecule has 0 aliphatic carbocycles. The van der Waals surface area contributed by atoms with Crippen LogP contribution in [0.3, 0.4) is 0 Å². The molecule has 8 nitrogen and oxygen atoms in total. The molecule has 3 aliphatic rings. The first-order valence-electron chi connectivity index (χ1n) is 10.7. The minimum Gasteiger partial charge on any atom is -0.486 e. The van der Waals surface area contributed by atoms with Gasteiger partial charge in [0.25, 0.3) is 0 Å². The summed E-state index contributed by atoms with van der Waals surface area (Å²) < 4.78 is 11.2. The molecule has 0 bridgehead atoms. The Morgan fingerprint density at radius 1 is 1.09 bits per heavy atom. The molecule has 8 heteroatoms. The molecule has 2 amide bonds. The molecule has 166 valence electrons. The molecule has 5 rings (SSSR count). The molecule has 0 saturated carbocycles. The van der Waals surface area contributed by atoms with E-state index in [1.807, 2.05) is 19.1 Å². The molecule has 2 saturated heterocycles. The summed E-state index contributed by atoms with van der Waals surface area (Å²) in [6.45, 7) is 4.36. The van der Waals surface area contributed by atoms with E-state index in [9.17, 15) is 19.5 Å². The minimum atomic E-state index is -1.59. The van der Waals surface area contributed by atoms with E-state index in [2.05, 4.69) is 5.32 Å². The van der Waals surface area contributed by atoms with Gasteiger partial charge >= 0.3 is 5.97 Å². The van der Waals surface area contributed by atoms with Gasteiger partial charge < -0.3 is 14.6 Å². The lowest BCUT2D eigenvalue weighted by atomic mass is 9.80. The maximum Gasteiger partial charge on any atom is 0.324 e. The van der Waals surface area contributed by atoms with Crippen molar-refractivity contribution in [2.24, 2.45) is 11.8 Å². The molecular weight excluding hydrogens is 412 g/mol. The molecule has 3 aliphatic heterocycles. The van der Waals surface area contributed by atoms with Crippen molar-refractivity contribution in [1.29, 1.82) is 0 Å². The zero-order chi connectivity index (χ0) is 22.6. The molecule has 3 heterocycles. The van der Waals surface area contributed by atoms with Crippen molar-refractivity contribution < 1.29 is 29.0 Å². The Labute approximate surface area is 185 Å². The van der Waals surface area contributed by atoms with E-state index < -0.39 is 41.2 Å². The van der Waals surface area contributed by atoms with Crippen molar-refractivity contribution in [2.45, 2.75) is 31.8 Å². The monoisotopic (exact) mass is 436 g/mol. The predicted molar refractivity (Wildman–Crippen MR) is 115 cm³/mol. The number of hydrogen-bond acceptors (Lipinski definition) is 6. The van der Waals surface area contributed by atoms with E-state index in [1.165, 1.54) is 6.92 Å². The number of carbonyl (C=O) groups is 3. The fourth-order valence-corrected chi connectivity index (χ4v) is 5.01. The summed E-state index contributed by atoms with van der Waals surface area (Å²) in [5, 5.41) is 13.1. The highest BCUT2D eigenvalue weighted by Crippen LogP contribution is 2.50. The average molecular weight is 436 g/mol. The number of anilines is 1. The van der Waals surface area contributed by atoms with Crippen molar-refractivity contribution in [3.05, 3.63) is 53.6 Å². The lowest BCUT2D eigenvalue weighted by molar-refractivity contribution is -0.147. The molecular formula is C24H24N2O6. The Hall–Kier alpha value is -3.39. The van der Waals surface area contributed by atoms with Crippen molar-refractivity contribution in [3.63, 3.8) is 0 Å². The summed E-state index contributed by atoms with van der Waals surface area (Å²) in [4.78, 5) is 40.4. The van der Waals surface area contributed by atoms with Gasteiger partial charge in [-0.1, -0.05) is 25.1 Å². The van der Waals surface area contributed by atoms with Gasteiger partial charge in [-0.25, -0.2) is 4.90 Å². The van der Waals surface area contributed by atoms with Crippen LogP contribution >= 0.6 is 0 Å². The van der Waals surface area contributed by atoms with Crippen molar-refractivity contribution in [1.82, 2.24) is 5.32 Å². The zero-order valence-corrected chi connectivity index (χ0v) is 17.8. The fourth-order valence-electron chi connectivity index (χ4n) is 5.01.